The summed E-state index contributed by atoms with van der Waals surface area (Å²) >= 11 is 0. The second-order valence-corrected chi connectivity index (χ2v) is 5.59. The molecule has 1 saturated carbocycles. The van der Waals surface area contributed by atoms with E-state index in [4.69, 9.17) is 5.11 Å². The van der Waals surface area contributed by atoms with Crippen LogP contribution in [0.25, 0.3) is 0 Å². The average molecular weight is 259 g/mol. The van der Waals surface area contributed by atoms with E-state index >= 15 is 0 Å². The fraction of sp³-hybridized carbons (Fsp3) is 0.467. The van der Waals surface area contributed by atoms with Gasteiger partial charge >= 0.3 is 5.97 Å². The Morgan fingerprint density at radius 1 is 1.37 bits per heavy atom. The van der Waals surface area contributed by atoms with Gasteiger partial charge in [0.05, 0.1) is 5.41 Å². The summed E-state index contributed by atoms with van der Waals surface area (Å²) in [5.41, 5.74) is 2.50. The van der Waals surface area contributed by atoms with Crippen LogP contribution in [0.2, 0.25) is 0 Å². The van der Waals surface area contributed by atoms with Crippen molar-refractivity contribution in [2.45, 2.75) is 38.0 Å². The van der Waals surface area contributed by atoms with E-state index in [-0.39, 0.29) is 12.5 Å². The predicted molar refractivity (Wildman–Crippen MR) is 71.3 cm³/mol. The number of aryl methyl sites for hydroxylation is 1. The highest BCUT2D eigenvalue weighted by atomic mass is 16.4. The van der Waals surface area contributed by atoms with Crippen molar-refractivity contribution in [2.24, 2.45) is 0 Å². The number of carbonyl (C=O) groups is 2. The SMILES string of the molecule is Cc1ccc2c(c1)C1(CCCC1)C(=O)N2CC(=O)O. The zero-order chi connectivity index (χ0) is 13.6. The molecule has 1 amide bonds. The first kappa shape index (κ1) is 12.2. The summed E-state index contributed by atoms with van der Waals surface area (Å²) in [5.74, 6) is -0.983. The number of benzene rings is 1. The molecule has 0 saturated heterocycles. The highest BCUT2D eigenvalue weighted by Crippen LogP contribution is 2.51. The number of hydrogen-bond donors (Lipinski definition) is 1. The molecular formula is C15H17NO3. The van der Waals surface area contributed by atoms with Crippen LogP contribution in [0.15, 0.2) is 18.2 Å². The maximum atomic E-state index is 12.7. The Bertz CT molecular complexity index is 559. The van der Waals surface area contributed by atoms with E-state index in [2.05, 4.69) is 6.07 Å². The van der Waals surface area contributed by atoms with Gasteiger partial charge in [-0.1, -0.05) is 30.5 Å². The summed E-state index contributed by atoms with van der Waals surface area (Å²) in [4.78, 5) is 25.1. The maximum Gasteiger partial charge on any atom is 0.323 e. The number of aliphatic carboxylic acids is 1. The second kappa shape index (κ2) is 4.08. The van der Waals surface area contributed by atoms with Crippen LogP contribution in [-0.4, -0.2) is 23.5 Å². The Labute approximate surface area is 112 Å². The largest absolute Gasteiger partial charge is 0.480 e. The fourth-order valence-corrected chi connectivity index (χ4v) is 3.51. The van der Waals surface area contributed by atoms with Crippen LogP contribution < -0.4 is 4.90 Å². The number of hydrogen-bond acceptors (Lipinski definition) is 2. The third-order valence-electron chi connectivity index (χ3n) is 4.36. The van der Waals surface area contributed by atoms with E-state index in [1.807, 2.05) is 19.1 Å². The van der Waals surface area contributed by atoms with Crippen molar-refractivity contribution < 1.29 is 14.7 Å². The summed E-state index contributed by atoms with van der Waals surface area (Å²) in [6.45, 7) is 1.77. The minimum absolute atomic E-state index is 0.0204. The molecule has 2 aliphatic rings. The number of carboxylic acid groups (broad SMARTS) is 1. The molecule has 1 heterocycles. The van der Waals surface area contributed by atoms with Crippen LogP contribution in [0.5, 0.6) is 0 Å². The van der Waals surface area contributed by atoms with Gasteiger partial charge in [0.2, 0.25) is 5.91 Å². The molecule has 1 spiro atoms. The Kier molecular flexibility index (Phi) is 2.62. The first-order valence-electron chi connectivity index (χ1n) is 6.69. The third-order valence-corrected chi connectivity index (χ3v) is 4.36. The van der Waals surface area contributed by atoms with Gasteiger partial charge in [0.1, 0.15) is 6.54 Å². The van der Waals surface area contributed by atoms with Gasteiger partial charge in [0.25, 0.3) is 0 Å². The Morgan fingerprint density at radius 3 is 2.68 bits per heavy atom. The van der Waals surface area contributed by atoms with E-state index in [1.165, 1.54) is 4.90 Å². The zero-order valence-corrected chi connectivity index (χ0v) is 11.0. The Morgan fingerprint density at radius 2 is 2.05 bits per heavy atom. The lowest BCUT2D eigenvalue weighted by Crippen LogP contribution is -2.40. The van der Waals surface area contributed by atoms with Gasteiger partial charge < -0.3 is 10.0 Å². The van der Waals surface area contributed by atoms with E-state index in [0.29, 0.717) is 0 Å². The molecule has 0 bridgehead atoms. The molecule has 1 N–H and O–H groups in total. The van der Waals surface area contributed by atoms with Crippen LogP contribution in [0.3, 0.4) is 0 Å². The van der Waals surface area contributed by atoms with Crippen LogP contribution in [-0.2, 0) is 15.0 Å². The second-order valence-electron chi connectivity index (χ2n) is 5.59. The minimum Gasteiger partial charge on any atom is -0.480 e. The number of carbonyl (C=O) groups excluding carboxylic acids is 1. The number of fused-ring (bicyclic) bond motifs is 2. The molecule has 1 aliphatic carbocycles. The smallest absolute Gasteiger partial charge is 0.323 e. The number of nitrogens with zero attached hydrogens (tertiary/aromatic N) is 1. The Balaban J connectivity index is 2.14. The van der Waals surface area contributed by atoms with E-state index in [0.717, 1.165) is 42.5 Å². The molecule has 0 atom stereocenters. The van der Waals surface area contributed by atoms with E-state index in [1.54, 1.807) is 0 Å². The van der Waals surface area contributed by atoms with Crippen molar-refractivity contribution in [1.29, 1.82) is 0 Å². The summed E-state index contributed by atoms with van der Waals surface area (Å²) in [5, 5.41) is 9.01. The van der Waals surface area contributed by atoms with Crippen LogP contribution in [0.4, 0.5) is 5.69 Å². The summed E-state index contributed by atoms with van der Waals surface area (Å²) in [7, 11) is 0. The van der Waals surface area contributed by atoms with E-state index < -0.39 is 11.4 Å². The first-order chi connectivity index (χ1) is 9.04. The molecule has 0 unspecified atom stereocenters. The highest BCUT2D eigenvalue weighted by molar-refractivity contribution is 6.10. The topological polar surface area (TPSA) is 57.6 Å². The van der Waals surface area contributed by atoms with Crippen molar-refractivity contribution in [3.8, 4) is 0 Å². The highest BCUT2D eigenvalue weighted by Gasteiger charge is 2.52. The molecule has 0 radical (unpaired) electrons. The zero-order valence-electron chi connectivity index (χ0n) is 11.0. The average Bonchev–Trinajstić information content (AvgIpc) is 2.92. The third kappa shape index (κ3) is 1.66. The number of carboxylic acids is 1. The van der Waals surface area contributed by atoms with Crippen molar-refractivity contribution in [1.82, 2.24) is 0 Å². The molecule has 1 aliphatic heterocycles. The summed E-state index contributed by atoms with van der Waals surface area (Å²) < 4.78 is 0. The lowest BCUT2D eigenvalue weighted by molar-refractivity contribution is -0.137. The number of rotatable bonds is 2. The van der Waals surface area contributed by atoms with Crippen LogP contribution >= 0.6 is 0 Å². The normalized spacial score (nSPS) is 20.1. The Hall–Kier alpha value is -1.84. The molecule has 3 rings (SSSR count). The molecule has 19 heavy (non-hydrogen) atoms. The first-order valence-corrected chi connectivity index (χ1v) is 6.69. The molecular weight excluding hydrogens is 242 g/mol. The molecule has 4 nitrogen and oxygen atoms in total. The number of amides is 1. The standard InChI is InChI=1S/C15H17NO3/c1-10-4-5-12-11(8-10)15(6-2-3-7-15)14(19)16(12)9-13(17)18/h4-5,8H,2-3,6-7,9H2,1H3,(H,17,18). The van der Waals surface area contributed by atoms with Crippen LogP contribution in [0, 0.1) is 6.92 Å². The molecule has 100 valence electrons. The van der Waals surface area contributed by atoms with Crippen molar-refractivity contribution in [3.63, 3.8) is 0 Å². The monoisotopic (exact) mass is 259 g/mol. The molecule has 1 fully saturated rings. The van der Waals surface area contributed by atoms with Crippen LogP contribution in [0.1, 0.15) is 36.8 Å². The summed E-state index contributed by atoms with van der Waals surface area (Å²) in [6, 6.07) is 5.88. The van der Waals surface area contributed by atoms with Gasteiger partial charge in [-0.25, -0.2) is 0 Å². The van der Waals surface area contributed by atoms with Gasteiger partial charge in [-0.15, -0.1) is 0 Å². The number of anilines is 1. The van der Waals surface area contributed by atoms with Crippen molar-refractivity contribution >= 4 is 17.6 Å². The minimum atomic E-state index is -0.963. The van der Waals surface area contributed by atoms with Crippen molar-refractivity contribution in [2.75, 3.05) is 11.4 Å². The molecule has 1 aromatic carbocycles. The van der Waals surface area contributed by atoms with Crippen molar-refractivity contribution in [3.05, 3.63) is 29.3 Å². The predicted octanol–water partition coefficient (Wildman–Crippen LogP) is 2.24. The maximum absolute atomic E-state index is 12.7. The van der Waals surface area contributed by atoms with Gasteiger partial charge in [-0.05, 0) is 31.4 Å². The lowest BCUT2D eigenvalue weighted by Gasteiger charge is -2.22. The fourth-order valence-electron chi connectivity index (χ4n) is 3.51. The summed E-state index contributed by atoms with van der Waals surface area (Å²) in [6.07, 6.45) is 3.77. The van der Waals surface area contributed by atoms with Gasteiger partial charge in [-0.2, -0.15) is 0 Å². The molecule has 0 aromatic heterocycles. The molecule has 4 heteroatoms. The quantitative estimate of drug-likeness (QED) is 0.886. The molecule has 1 aromatic rings. The van der Waals surface area contributed by atoms with Gasteiger partial charge in [-0.3, -0.25) is 9.59 Å². The lowest BCUT2D eigenvalue weighted by atomic mass is 9.79. The van der Waals surface area contributed by atoms with Gasteiger partial charge in [0.15, 0.2) is 0 Å². The van der Waals surface area contributed by atoms with E-state index in [9.17, 15) is 9.59 Å². The van der Waals surface area contributed by atoms with Gasteiger partial charge in [0, 0.05) is 5.69 Å².